The number of rotatable bonds is 8. The van der Waals surface area contributed by atoms with Crippen LogP contribution in [-0.4, -0.2) is 72.5 Å². The number of carbonyl (C=O) groups excluding carboxylic acids is 2. The van der Waals surface area contributed by atoms with Crippen molar-refractivity contribution in [3.05, 3.63) is 40.9 Å². The number of carbonyl (C=O) groups is 2. The van der Waals surface area contributed by atoms with Gasteiger partial charge in [0.05, 0.1) is 28.8 Å². The molecule has 39 heavy (non-hydrogen) atoms. The summed E-state index contributed by atoms with van der Waals surface area (Å²) in [7, 11) is 1.97. The molecule has 1 saturated carbocycles. The Morgan fingerprint density at radius 3 is 2.62 bits per heavy atom. The van der Waals surface area contributed by atoms with Gasteiger partial charge in [-0.15, -0.1) is 5.10 Å². The van der Waals surface area contributed by atoms with E-state index in [2.05, 4.69) is 35.8 Å². The van der Waals surface area contributed by atoms with Gasteiger partial charge in [-0.05, 0) is 50.2 Å². The lowest BCUT2D eigenvalue weighted by Crippen LogP contribution is -2.50. The van der Waals surface area contributed by atoms with Gasteiger partial charge in [0, 0.05) is 56.9 Å². The van der Waals surface area contributed by atoms with Gasteiger partial charge in [-0.2, -0.15) is 10.2 Å². The summed E-state index contributed by atoms with van der Waals surface area (Å²) < 4.78 is 1.93. The quantitative estimate of drug-likeness (QED) is 0.434. The molecule has 3 aromatic rings. The van der Waals surface area contributed by atoms with Gasteiger partial charge in [-0.25, -0.2) is 14.8 Å². The molecule has 3 aromatic heterocycles. The predicted molar refractivity (Wildman–Crippen MR) is 145 cm³/mol. The van der Waals surface area contributed by atoms with E-state index in [0.29, 0.717) is 29.9 Å². The number of urea groups is 1. The van der Waals surface area contributed by atoms with Crippen molar-refractivity contribution in [3.63, 3.8) is 0 Å². The van der Waals surface area contributed by atoms with Crippen molar-refractivity contribution in [2.45, 2.75) is 51.1 Å². The van der Waals surface area contributed by atoms with Crippen LogP contribution in [0.3, 0.4) is 0 Å². The number of hydrogen-bond acceptors (Lipinski definition) is 9. The van der Waals surface area contributed by atoms with E-state index in [0.717, 1.165) is 55.2 Å². The van der Waals surface area contributed by atoms with Crippen molar-refractivity contribution in [1.82, 2.24) is 40.2 Å². The lowest BCUT2D eigenvalue weighted by molar-refractivity contribution is -0.120. The number of likely N-dealkylation sites (tertiary alicyclic amines) is 1. The topological polar surface area (TPSA) is 134 Å². The number of aromatic nitrogens is 6. The number of nitrogens with zero attached hydrogens (tertiary/aromatic N) is 8. The zero-order chi connectivity index (χ0) is 26.9. The fourth-order valence-electron chi connectivity index (χ4n) is 5.13. The first-order chi connectivity index (χ1) is 18.9. The van der Waals surface area contributed by atoms with Crippen LogP contribution in [0.25, 0.3) is 11.3 Å². The van der Waals surface area contributed by atoms with Crippen LogP contribution in [0.4, 0.5) is 16.6 Å². The lowest BCUT2D eigenvalue weighted by atomic mass is 10.0. The van der Waals surface area contributed by atoms with Crippen LogP contribution in [0.2, 0.25) is 5.02 Å². The second kappa shape index (κ2) is 10.9. The number of hydrogen-bond donors (Lipinski definition) is 2. The highest BCUT2D eigenvalue weighted by atomic mass is 35.5. The fourth-order valence-corrected chi connectivity index (χ4v) is 5.33. The first-order valence-corrected chi connectivity index (χ1v) is 13.8. The predicted octanol–water partition coefficient (Wildman–Crippen LogP) is 2.80. The van der Waals surface area contributed by atoms with Crippen molar-refractivity contribution in [3.8, 4) is 11.3 Å². The molecule has 0 spiro atoms. The number of anilines is 2. The maximum Gasteiger partial charge on any atom is 0.329 e. The third-order valence-electron chi connectivity index (χ3n) is 7.58. The maximum absolute atomic E-state index is 12.0. The molecular formula is C26H31ClN10O2. The van der Waals surface area contributed by atoms with E-state index < -0.39 is 6.03 Å². The Balaban J connectivity index is 1.04. The minimum atomic E-state index is -0.459. The molecule has 2 aliphatic heterocycles. The number of nitrogens with one attached hydrogen (secondary N) is 2. The lowest BCUT2D eigenvalue weighted by Gasteiger charge is -2.32. The molecular weight excluding hydrogens is 520 g/mol. The summed E-state index contributed by atoms with van der Waals surface area (Å²) in [6.07, 6.45) is 9.19. The first-order valence-electron chi connectivity index (χ1n) is 13.4. The molecule has 0 aromatic carbocycles. The molecule has 13 heteroatoms. The third kappa shape index (κ3) is 5.86. The van der Waals surface area contributed by atoms with Crippen LogP contribution in [-0.2, 0) is 24.8 Å². The summed E-state index contributed by atoms with van der Waals surface area (Å²) >= 11 is 6.53. The molecule has 0 bridgehead atoms. The van der Waals surface area contributed by atoms with Gasteiger partial charge < -0.3 is 5.32 Å². The Labute approximate surface area is 231 Å². The van der Waals surface area contributed by atoms with Gasteiger partial charge >= 0.3 is 6.03 Å². The van der Waals surface area contributed by atoms with Crippen LogP contribution >= 0.6 is 11.6 Å². The van der Waals surface area contributed by atoms with Crippen molar-refractivity contribution < 1.29 is 9.59 Å². The average molecular weight is 551 g/mol. The number of imide groups is 1. The molecule has 5 heterocycles. The van der Waals surface area contributed by atoms with Gasteiger partial charge in [0.25, 0.3) is 0 Å². The minimum absolute atomic E-state index is 0.254. The van der Waals surface area contributed by atoms with E-state index >= 15 is 0 Å². The summed E-state index contributed by atoms with van der Waals surface area (Å²) in [5.41, 5.74) is 3.72. The highest BCUT2D eigenvalue weighted by Gasteiger charge is 2.27. The number of halogens is 1. The Morgan fingerprint density at radius 2 is 1.90 bits per heavy atom. The van der Waals surface area contributed by atoms with Gasteiger partial charge in [0.1, 0.15) is 0 Å². The molecule has 0 atom stereocenters. The summed E-state index contributed by atoms with van der Waals surface area (Å²) in [6, 6.07) is 3.46. The number of amides is 3. The van der Waals surface area contributed by atoms with E-state index in [-0.39, 0.29) is 18.4 Å². The minimum Gasteiger partial charge on any atom is -0.351 e. The van der Waals surface area contributed by atoms with Gasteiger partial charge in [0.15, 0.2) is 5.82 Å². The molecule has 3 amide bonds. The van der Waals surface area contributed by atoms with Crippen LogP contribution < -0.4 is 15.5 Å². The average Bonchev–Trinajstić information content (AvgIpc) is 3.68. The summed E-state index contributed by atoms with van der Waals surface area (Å²) in [5.74, 6) is 1.49. The number of aryl methyl sites for hydroxylation is 1. The van der Waals surface area contributed by atoms with Crippen molar-refractivity contribution in [2.24, 2.45) is 13.0 Å². The van der Waals surface area contributed by atoms with E-state index in [9.17, 15) is 9.59 Å². The zero-order valence-corrected chi connectivity index (χ0v) is 22.6. The summed E-state index contributed by atoms with van der Waals surface area (Å²) in [4.78, 5) is 36.4. The van der Waals surface area contributed by atoms with E-state index in [1.165, 1.54) is 23.4 Å². The van der Waals surface area contributed by atoms with E-state index in [4.69, 9.17) is 16.6 Å². The summed E-state index contributed by atoms with van der Waals surface area (Å²) in [5, 5.41) is 19.3. The Kier molecular flexibility index (Phi) is 7.13. The molecule has 0 radical (unpaired) electrons. The Morgan fingerprint density at radius 1 is 1.08 bits per heavy atom. The van der Waals surface area contributed by atoms with Crippen molar-refractivity contribution in [1.29, 1.82) is 0 Å². The molecule has 6 rings (SSSR count). The second-order valence-corrected chi connectivity index (χ2v) is 10.9. The highest BCUT2D eigenvalue weighted by Crippen LogP contribution is 2.37. The molecule has 12 nitrogen and oxygen atoms in total. The SMILES string of the molecule is Cn1ncc(-c2nc(NC3CCN(Cc4ccc(N5CCC(=O)NC5=O)nn4)CC3)ncc2Cl)c1CC1CC1. The van der Waals surface area contributed by atoms with Crippen molar-refractivity contribution in [2.75, 3.05) is 29.9 Å². The van der Waals surface area contributed by atoms with E-state index in [1.54, 1.807) is 12.3 Å². The largest absolute Gasteiger partial charge is 0.351 e. The van der Waals surface area contributed by atoms with E-state index in [1.807, 2.05) is 24.0 Å². The van der Waals surface area contributed by atoms with Gasteiger partial charge in [-0.3, -0.25) is 24.6 Å². The smallest absolute Gasteiger partial charge is 0.329 e. The number of piperidine rings is 1. The van der Waals surface area contributed by atoms with Crippen molar-refractivity contribution >= 4 is 35.3 Å². The molecule has 2 N–H and O–H groups in total. The van der Waals surface area contributed by atoms with Gasteiger partial charge in [0.2, 0.25) is 11.9 Å². The molecule has 2 saturated heterocycles. The first kappa shape index (κ1) is 25.6. The van der Waals surface area contributed by atoms with Crippen LogP contribution in [0.1, 0.15) is 43.5 Å². The highest BCUT2D eigenvalue weighted by molar-refractivity contribution is 6.33. The standard InChI is InChI=1S/C26H31ClN10O2/c1-35-21(12-16-2-3-16)19(13-29-35)24-20(27)14-28-25(32-24)30-17-6-9-36(10-7-17)15-18-4-5-22(34-33-18)37-11-8-23(38)31-26(37)39/h4-5,13-14,16-17H,2-3,6-12,15H2,1H3,(H,28,30,32)(H,31,38,39). The zero-order valence-electron chi connectivity index (χ0n) is 21.8. The third-order valence-corrected chi connectivity index (χ3v) is 7.86. The maximum atomic E-state index is 12.0. The Hall–Kier alpha value is -3.64. The molecule has 204 valence electrons. The fraction of sp³-hybridized carbons (Fsp3) is 0.500. The second-order valence-electron chi connectivity index (χ2n) is 10.5. The molecule has 3 fully saturated rings. The molecule has 0 unspecified atom stereocenters. The van der Waals surface area contributed by atoms with Crippen LogP contribution in [0.5, 0.6) is 0 Å². The Bertz CT molecular complexity index is 1370. The van der Waals surface area contributed by atoms with Crippen LogP contribution in [0, 0.1) is 5.92 Å². The normalized spacial score (nSPS) is 18.9. The van der Waals surface area contributed by atoms with Gasteiger partial charge in [-0.1, -0.05) is 11.6 Å². The molecule has 1 aliphatic carbocycles. The monoisotopic (exact) mass is 550 g/mol. The molecule has 3 aliphatic rings. The summed E-state index contributed by atoms with van der Waals surface area (Å²) in [6.45, 7) is 2.78. The van der Waals surface area contributed by atoms with Crippen LogP contribution in [0.15, 0.2) is 24.5 Å².